The molecule has 1 aliphatic heterocycles. The van der Waals surface area contributed by atoms with E-state index in [0.717, 1.165) is 24.4 Å². The zero-order valence-electron chi connectivity index (χ0n) is 11.0. The molecule has 1 amide bonds. The number of carbonyl (C=O) groups excluding carboxylic acids is 1. The van der Waals surface area contributed by atoms with E-state index in [4.69, 9.17) is 11.6 Å². The summed E-state index contributed by atoms with van der Waals surface area (Å²) in [5.41, 5.74) is 1.64. The van der Waals surface area contributed by atoms with Gasteiger partial charge in [-0.05, 0) is 49.6 Å². The van der Waals surface area contributed by atoms with Crippen molar-refractivity contribution in [2.24, 2.45) is 5.92 Å². The Balaban J connectivity index is 1.56. The molecular weight excluding hydrogens is 274 g/mol. The fourth-order valence-corrected chi connectivity index (χ4v) is 3.68. The lowest BCUT2D eigenvalue weighted by molar-refractivity contribution is 0.0928. The Morgan fingerprint density at radius 2 is 2.15 bits per heavy atom. The quantitative estimate of drug-likeness (QED) is 0.889. The van der Waals surface area contributed by atoms with Crippen LogP contribution in [-0.4, -0.2) is 28.9 Å². The highest BCUT2D eigenvalue weighted by Crippen LogP contribution is 2.31. The second-order valence-corrected chi connectivity index (χ2v) is 6.19. The number of hydrogen-bond acceptors (Lipinski definition) is 2. The Morgan fingerprint density at radius 3 is 2.90 bits per heavy atom. The van der Waals surface area contributed by atoms with Crippen LogP contribution in [0.4, 0.5) is 0 Å². The molecule has 3 unspecified atom stereocenters. The summed E-state index contributed by atoms with van der Waals surface area (Å²) in [4.78, 5) is 12.4. The van der Waals surface area contributed by atoms with Gasteiger partial charge in [0.15, 0.2) is 0 Å². The lowest BCUT2D eigenvalue weighted by Crippen LogP contribution is -2.47. The van der Waals surface area contributed by atoms with Gasteiger partial charge in [-0.3, -0.25) is 4.79 Å². The summed E-state index contributed by atoms with van der Waals surface area (Å²) in [6.07, 6.45) is 4.08. The lowest BCUT2D eigenvalue weighted by atomic mass is 10.1. The number of rotatable bonds is 2. The van der Waals surface area contributed by atoms with Gasteiger partial charge in [0.25, 0.3) is 5.91 Å². The number of hydrogen-bond donors (Lipinski definition) is 2. The van der Waals surface area contributed by atoms with Crippen LogP contribution < -0.4 is 10.6 Å². The summed E-state index contributed by atoms with van der Waals surface area (Å²) < 4.78 is 1.83. The van der Waals surface area contributed by atoms with E-state index in [2.05, 4.69) is 10.6 Å². The average molecular weight is 290 g/mol. The van der Waals surface area contributed by atoms with Crippen LogP contribution in [0.15, 0.2) is 30.5 Å². The Bertz CT molecular complexity index is 681. The molecule has 0 aromatic carbocycles. The van der Waals surface area contributed by atoms with Crippen LogP contribution in [0.3, 0.4) is 0 Å². The summed E-state index contributed by atoms with van der Waals surface area (Å²) in [5.74, 6) is 0.711. The maximum absolute atomic E-state index is 12.4. The number of piperidine rings is 1. The number of nitrogens with zero attached hydrogens (tertiary/aromatic N) is 1. The molecule has 2 aromatic heterocycles. The van der Waals surface area contributed by atoms with E-state index in [9.17, 15) is 4.79 Å². The highest BCUT2D eigenvalue weighted by atomic mass is 35.5. The van der Waals surface area contributed by atoms with Crippen LogP contribution in [0.2, 0.25) is 5.15 Å². The number of halogens is 1. The summed E-state index contributed by atoms with van der Waals surface area (Å²) in [7, 11) is 0. The molecule has 0 spiro atoms. The molecule has 2 aromatic rings. The molecule has 5 heteroatoms. The van der Waals surface area contributed by atoms with E-state index in [1.54, 1.807) is 6.20 Å². The highest BCUT2D eigenvalue weighted by molar-refractivity contribution is 6.30. The van der Waals surface area contributed by atoms with E-state index in [1.165, 1.54) is 6.42 Å². The SMILES string of the molecule is O=C(NC1CC2CNC1C2)c1ccc2ccc(Cl)n2c1. The first-order valence-electron chi connectivity index (χ1n) is 7.01. The Hall–Kier alpha value is -1.52. The second-order valence-electron chi connectivity index (χ2n) is 5.80. The second kappa shape index (κ2) is 4.50. The first kappa shape index (κ1) is 12.2. The molecule has 1 saturated heterocycles. The summed E-state index contributed by atoms with van der Waals surface area (Å²) >= 11 is 6.09. The van der Waals surface area contributed by atoms with E-state index in [0.29, 0.717) is 16.8 Å². The third-order valence-corrected chi connectivity index (χ3v) is 4.82. The van der Waals surface area contributed by atoms with Crippen molar-refractivity contribution in [1.82, 2.24) is 15.0 Å². The van der Waals surface area contributed by atoms with Crippen molar-refractivity contribution in [3.63, 3.8) is 0 Å². The average Bonchev–Trinajstić information content (AvgIpc) is 3.15. The fourth-order valence-electron chi connectivity index (χ4n) is 3.47. The first-order valence-corrected chi connectivity index (χ1v) is 7.39. The van der Waals surface area contributed by atoms with E-state index in [1.807, 2.05) is 28.7 Å². The Labute approximate surface area is 122 Å². The maximum Gasteiger partial charge on any atom is 0.253 e. The summed E-state index contributed by atoms with van der Waals surface area (Å²) in [6, 6.07) is 8.24. The molecule has 2 aliphatic rings. The first-order chi connectivity index (χ1) is 9.70. The third kappa shape index (κ3) is 1.91. The molecule has 1 saturated carbocycles. The number of nitrogens with one attached hydrogen (secondary N) is 2. The maximum atomic E-state index is 12.4. The minimum atomic E-state index is -0.0176. The van der Waals surface area contributed by atoms with Crippen LogP contribution in [0.1, 0.15) is 23.2 Å². The van der Waals surface area contributed by atoms with Crippen LogP contribution in [0.25, 0.3) is 5.52 Å². The van der Waals surface area contributed by atoms with Gasteiger partial charge in [-0.15, -0.1) is 0 Å². The molecule has 20 heavy (non-hydrogen) atoms. The third-order valence-electron chi connectivity index (χ3n) is 4.51. The van der Waals surface area contributed by atoms with E-state index >= 15 is 0 Å². The number of fused-ring (bicyclic) bond motifs is 3. The van der Waals surface area contributed by atoms with Gasteiger partial charge in [-0.2, -0.15) is 0 Å². The van der Waals surface area contributed by atoms with Gasteiger partial charge >= 0.3 is 0 Å². The lowest BCUT2D eigenvalue weighted by Gasteiger charge is -2.24. The minimum Gasteiger partial charge on any atom is -0.348 e. The molecule has 2 bridgehead atoms. The monoisotopic (exact) mass is 289 g/mol. The van der Waals surface area contributed by atoms with Gasteiger partial charge in [0.1, 0.15) is 5.15 Å². The zero-order valence-corrected chi connectivity index (χ0v) is 11.7. The molecular formula is C15H16ClN3O. The van der Waals surface area contributed by atoms with Gasteiger partial charge in [-0.1, -0.05) is 11.6 Å². The van der Waals surface area contributed by atoms with Crippen molar-refractivity contribution < 1.29 is 4.79 Å². The van der Waals surface area contributed by atoms with Crippen molar-refractivity contribution in [2.45, 2.75) is 24.9 Å². The molecule has 2 fully saturated rings. The van der Waals surface area contributed by atoms with Gasteiger partial charge in [0, 0.05) is 23.8 Å². The Morgan fingerprint density at radius 1 is 1.30 bits per heavy atom. The summed E-state index contributed by atoms with van der Waals surface area (Å²) in [5, 5.41) is 7.22. The van der Waals surface area contributed by atoms with E-state index < -0.39 is 0 Å². The van der Waals surface area contributed by atoms with Crippen molar-refractivity contribution in [2.75, 3.05) is 6.54 Å². The van der Waals surface area contributed by atoms with E-state index in [-0.39, 0.29) is 11.9 Å². The molecule has 0 radical (unpaired) electrons. The number of carbonyl (C=O) groups is 1. The van der Waals surface area contributed by atoms with Crippen molar-refractivity contribution in [3.8, 4) is 0 Å². The number of amides is 1. The molecule has 104 valence electrons. The standard InChI is InChI=1S/C15H16ClN3O/c16-14-4-3-11-2-1-10(8-19(11)14)15(20)18-13-6-9-5-12(13)17-7-9/h1-4,8-9,12-13,17H,5-7H2,(H,18,20). The molecule has 3 heterocycles. The molecule has 3 atom stereocenters. The largest absolute Gasteiger partial charge is 0.348 e. The number of aromatic nitrogens is 1. The zero-order chi connectivity index (χ0) is 13.7. The van der Waals surface area contributed by atoms with Crippen molar-refractivity contribution in [3.05, 3.63) is 41.2 Å². The number of pyridine rings is 1. The molecule has 1 aliphatic carbocycles. The predicted molar refractivity (Wildman–Crippen MR) is 78.2 cm³/mol. The fraction of sp³-hybridized carbons (Fsp3) is 0.400. The van der Waals surface area contributed by atoms with Gasteiger partial charge in [0.05, 0.1) is 5.56 Å². The van der Waals surface area contributed by atoms with Gasteiger partial charge in [0.2, 0.25) is 0 Å². The van der Waals surface area contributed by atoms with Crippen molar-refractivity contribution in [1.29, 1.82) is 0 Å². The van der Waals surface area contributed by atoms with Crippen LogP contribution in [0, 0.1) is 5.92 Å². The highest BCUT2D eigenvalue weighted by Gasteiger charge is 2.40. The van der Waals surface area contributed by atoms with Crippen LogP contribution in [0.5, 0.6) is 0 Å². The Kier molecular flexibility index (Phi) is 2.75. The van der Waals surface area contributed by atoms with Crippen LogP contribution >= 0.6 is 11.6 Å². The van der Waals surface area contributed by atoms with Crippen LogP contribution in [-0.2, 0) is 0 Å². The normalized spacial score (nSPS) is 28.1. The molecule has 2 N–H and O–H groups in total. The van der Waals surface area contributed by atoms with Gasteiger partial charge in [-0.25, -0.2) is 0 Å². The molecule has 4 rings (SSSR count). The molecule has 4 nitrogen and oxygen atoms in total. The smallest absolute Gasteiger partial charge is 0.253 e. The topological polar surface area (TPSA) is 45.5 Å². The van der Waals surface area contributed by atoms with Crippen molar-refractivity contribution >= 4 is 23.0 Å². The minimum absolute atomic E-state index is 0.0176. The van der Waals surface area contributed by atoms with Gasteiger partial charge < -0.3 is 15.0 Å². The summed E-state index contributed by atoms with van der Waals surface area (Å²) in [6.45, 7) is 1.10. The predicted octanol–water partition coefficient (Wildman–Crippen LogP) is 2.07.